The van der Waals surface area contributed by atoms with Crippen molar-refractivity contribution in [1.29, 1.82) is 0 Å². The lowest BCUT2D eigenvalue weighted by Gasteiger charge is -2.27. The number of halogens is 1. The van der Waals surface area contributed by atoms with E-state index in [9.17, 15) is 4.79 Å². The molecule has 1 rings (SSSR count). The second kappa shape index (κ2) is 6.56. The summed E-state index contributed by atoms with van der Waals surface area (Å²) in [5.41, 5.74) is -0.128. The van der Waals surface area contributed by atoms with Gasteiger partial charge in [-0.1, -0.05) is 11.6 Å². The van der Waals surface area contributed by atoms with Gasteiger partial charge in [-0.05, 0) is 26.0 Å². The molecule has 5 nitrogen and oxygen atoms in total. The number of ether oxygens (including phenoxy) is 1. The summed E-state index contributed by atoms with van der Waals surface area (Å²) in [5.74, 6) is -0.541. The molecule has 0 saturated carbocycles. The first-order valence-corrected chi connectivity index (χ1v) is 6.00. The third kappa shape index (κ3) is 3.58. The van der Waals surface area contributed by atoms with Crippen LogP contribution in [-0.4, -0.2) is 42.4 Å². The van der Waals surface area contributed by atoms with Crippen molar-refractivity contribution in [3.05, 3.63) is 22.8 Å². The SMILES string of the molecule is COCCN(c1ccc(Cl)c(C(=O)O)n1)C(C)C. The Kier molecular flexibility index (Phi) is 5.37. The standard InChI is InChI=1S/C12H17ClN2O3/c1-8(2)15(6-7-18-3)10-5-4-9(13)11(14-10)12(16)17/h4-5,8H,6-7H2,1-3H3,(H,16,17). The van der Waals surface area contributed by atoms with Crippen LogP contribution in [0, 0.1) is 0 Å². The van der Waals surface area contributed by atoms with E-state index in [2.05, 4.69) is 4.98 Å². The van der Waals surface area contributed by atoms with Crippen molar-refractivity contribution in [2.45, 2.75) is 19.9 Å². The van der Waals surface area contributed by atoms with Crippen molar-refractivity contribution in [3.8, 4) is 0 Å². The molecule has 0 radical (unpaired) electrons. The Morgan fingerprint density at radius 1 is 1.56 bits per heavy atom. The van der Waals surface area contributed by atoms with Crippen LogP contribution in [0.2, 0.25) is 5.02 Å². The van der Waals surface area contributed by atoms with E-state index in [1.54, 1.807) is 19.2 Å². The average Bonchev–Trinajstić information content (AvgIpc) is 2.30. The van der Waals surface area contributed by atoms with E-state index < -0.39 is 5.97 Å². The Labute approximate surface area is 111 Å². The first-order valence-electron chi connectivity index (χ1n) is 5.62. The molecule has 0 unspecified atom stereocenters. The molecule has 0 aliphatic carbocycles. The highest BCUT2D eigenvalue weighted by Crippen LogP contribution is 2.20. The number of aromatic carboxylic acids is 1. The summed E-state index contributed by atoms with van der Waals surface area (Å²) in [5, 5.41) is 9.14. The Hall–Kier alpha value is -1.33. The molecule has 0 atom stereocenters. The number of pyridine rings is 1. The lowest BCUT2D eigenvalue weighted by molar-refractivity contribution is 0.0691. The summed E-state index contributed by atoms with van der Waals surface area (Å²) in [4.78, 5) is 17.0. The van der Waals surface area contributed by atoms with Crippen LogP contribution in [0.25, 0.3) is 0 Å². The molecule has 0 aliphatic rings. The fourth-order valence-corrected chi connectivity index (χ4v) is 1.75. The van der Waals surface area contributed by atoms with Crippen LogP contribution in [0.5, 0.6) is 0 Å². The van der Waals surface area contributed by atoms with Crippen LogP contribution in [0.15, 0.2) is 12.1 Å². The van der Waals surface area contributed by atoms with Crippen LogP contribution < -0.4 is 4.90 Å². The summed E-state index contributed by atoms with van der Waals surface area (Å²) in [6.45, 7) is 5.20. The first kappa shape index (κ1) is 14.7. The summed E-state index contributed by atoms with van der Waals surface area (Å²) in [7, 11) is 1.62. The van der Waals surface area contributed by atoms with Crippen LogP contribution in [0.1, 0.15) is 24.3 Å². The molecule has 1 N–H and O–H groups in total. The highest BCUT2D eigenvalue weighted by atomic mass is 35.5. The van der Waals surface area contributed by atoms with E-state index >= 15 is 0 Å². The minimum atomic E-state index is -1.13. The highest BCUT2D eigenvalue weighted by Gasteiger charge is 2.16. The topological polar surface area (TPSA) is 62.7 Å². The zero-order valence-corrected chi connectivity index (χ0v) is 11.4. The number of anilines is 1. The number of carboxylic acids is 1. The largest absolute Gasteiger partial charge is 0.476 e. The molecule has 0 saturated heterocycles. The molecule has 0 fully saturated rings. The summed E-state index contributed by atoms with van der Waals surface area (Å²) < 4.78 is 5.03. The Morgan fingerprint density at radius 2 is 2.22 bits per heavy atom. The monoisotopic (exact) mass is 272 g/mol. The Morgan fingerprint density at radius 3 is 2.72 bits per heavy atom. The van der Waals surface area contributed by atoms with Gasteiger partial charge in [-0.15, -0.1) is 0 Å². The van der Waals surface area contributed by atoms with Gasteiger partial charge in [0, 0.05) is 19.7 Å². The van der Waals surface area contributed by atoms with Gasteiger partial charge in [0.05, 0.1) is 11.6 Å². The molecule has 1 aromatic rings. The lowest BCUT2D eigenvalue weighted by atomic mass is 10.3. The molecule has 1 heterocycles. The quantitative estimate of drug-likeness (QED) is 0.861. The minimum absolute atomic E-state index is 0.128. The van der Waals surface area contributed by atoms with Crippen molar-refractivity contribution >= 4 is 23.4 Å². The smallest absolute Gasteiger partial charge is 0.356 e. The molecule has 0 aliphatic heterocycles. The van der Waals surface area contributed by atoms with Gasteiger partial charge in [0.25, 0.3) is 0 Å². The van der Waals surface area contributed by atoms with Crippen molar-refractivity contribution < 1.29 is 14.6 Å². The van der Waals surface area contributed by atoms with Gasteiger partial charge in [0.15, 0.2) is 5.69 Å². The number of carbonyl (C=O) groups is 1. The molecule has 0 aromatic carbocycles. The van der Waals surface area contributed by atoms with Crippen molar-refractivity contribution in [3.63, 3.8) is 0 Å². The predicted molar refractivity (Wildman–Crippen MR) is 70.6 cm³/mol. The van der Waals surface area contributed by atoms with Gasteiger partial charge < -0.3 is 14.7 Å². The highest BCUT2D eigenvalue weighted by molar-refractivity contribution is 6.33. The van der Waals surface area contributed by atoms with E-state index in [-0.39, 0.29) is 16.8 Å². The van der Waals surface area contributed by atoms with E-state index in [0.29, 0.717) is 19.0 Å². The van der Waals surface area contributed by atoms with Gasteiger partial charge in [0.1, 0.15) is 5.82 Å². The number of carboxylic acid groups (broad SMARTS) is 1. The van der Waals surface area contributed by atoms with Gasteiger partial charge in [-0.3, -0.25) is 0 Å². The van der Waals surface area contributed by atoms with Crippen LogP contribution in [0.3, 0.4) is 0 Å². The number of hydrogen-bond acceptors (Lipinski definition) is 4. The first-order chi connectivity index (χ1) is 8.47. The van der Waals surface area contributed by atoms with Crippen molar-refractivity contribution in [2.75, 3.05) is 25.2 Å². The number of nitrogens with zero attached hydrogens (tertiary/aromatic N) is 2. The second-order valence-electron chi connectivity index (χ2n) is 4.08. The fourth-order valence-electron chi connectivity index (χ4n) is 1.57. The van der Waals surface area contributed by atoms with E-state index in [1.165, 1.54) is 0 Å². The summed E-state index contributed by atoms with van der Waals surface area (Å²) in [6, 6.07) is 3.45. The van der Waals surface area contributed by atoms with Gasteiger partial charge >= 0.3 is 5.97 Å². The molecule has 1 aromatic heterocycles. The number of aromatic nitrogens is 1. The molecule has 0 spiro atoms. The van der Waals surface area contributed by atoms with Gasteiger partial charge in [-0.25, -0.2) is 9.78 Å². The van der Waals surface area contributed by atoms with Crippen LogP contribution in [0.4, 0.5) is 5.82 Å². The fraction of sp³-hybridized carbons (Fsp3) is 0.500. The van der Waals surface area contributed by atoms with Gasteiger partial charge in [0.2, 0.25) is 0 Å². The van der Waals surface area contributed by atoms with Crippen LogP contribution >= 0.6 is 11.6 Å². The summed E-state index contributed by atoms with van der Waals surface area (Å²) >= 11 is 5.79. The average molecular weight is 273 g/mol. The van der Waals surface area contributed by atoms with Crippen molar-refractivity contribution in [1.82, 2.24) is 4.98 Å². The maximum absolute atomic E-state index is 11.0. The minimum Gasteiger partial charge on any atom is -0.476 e. The van der Waals surface area contributed by atoms with E-state index in [4.69, 9.17) is 21.4 Å². The molecule has 0 amide bonds. The molecule has 6 heteroatoms. The molecule has 18 heavy (non-hydrogen) atoms. The normalized spacial score (nSPS) is 10.7. The Bertz CT molecular complexity index is 424. The summed E-state index contributed by atoms with van der Waals surface area (Å²) in [6.07, 6.45) is 0. The van der Waals surface area contributed by atoms with Gasteiger partial charge in [-0.2, -0.15) is 0 Å². The zero-order valence-electron chi connectivity index (χ0n) is 10.7. The number of hydrogen-bond donors (Lipinski definition) is 1. The molecular weight excluding hydrogens is 256 g/mol. The maximum Gasteiger partial charge on any atom is 0.356 e. The molecular formula is C12H17ClN2O3. The lowest BCUT2D eigenvalue weighted by Crippen LogP contribution is -2.34. The maximum atomic E-state index is 11.0. The predicted octanol–water partition coefficient (Wildman–Crippen LogP) is 2.29. The van der Waals surface area contributed by atoms with Crippen LogP contribution in [-0.2, 0) is 4.74 Å². The molecule has 0 bridgehead atoms. The number of methoxy groups -OCH3 is 1. The van der Waals surface area contributed by atoms with E-state index in [0.717, 1.165) is 0 Å². The zero-order chi connectivity index (χ0) is 13.7. The molecule has 100 valence electrons. The third-order valence-corrected chi connectivity index (χ3v) is 2.79. The van der Waals surface area contributed by atoms with E-state index in [1.807, 2.05) is 18.7 Å². The number of rotatable bonds is 6. The van der Waals surface area contributed by atoms with Crippen molar-refractivity contribution in [2.24, 2.45) is 0 Å². The Balaban J connectivity index is 3.05. The second-order valence-corrected chi connectivity index (χ2v) is 4.49. The third-order valence-electron chi connectivity index (χ3n) is 2.49.